The molecule has 0 aliphatic heterocycles. The number of rotatable bonds is 7. The first-order valence-electron chi connectivity index (χ1n) is 8.06. The zero-order valence-electron chi connectivity index (χ0n) is 14.1. The molecule has 0 aliphatic rings. The molecule has 0 radical (unpaired) electrons. The van der Waals surface area contributed by atoms with E-state index in [0.717, 1.165) is 16.0 Å². The van der Waals surface area contributed by atoms with Gasteiger partial charge in [0.05, 0.1) is 29.6 Å². The number of thiazole rings is 1. The standard InChI is InChI=1S/C17H19N3O4S/c1-3-22-10-9-20-13-6-5-12(23-4-2)11-15(13)25-17(20)19-16(21)14-7-8-18-24-14/h5-8,11H,3-4,9-10H2,1-2H3. The lowest BCUT2D eigenvalue weighted by Gasteiger charge is -2.06. The minimum atomic E-state index is -0.459. The van der Waals surface area contributed by atoms with Crippen molar-refractivity contribution in [3.63, 3.8) is 0 Å². The maximum absolute atomic E-state index is 12.2. The second-order valence-corrected chi connectivity index (χ2v) is 6.10. The fraction of sp³-hybridized carbons (Fsp3) is 0.353. The molecule has 0 spiro atoms. The van der Waals surface area contributed by atoms with Crippen LogP contribution in [0.5, 0.6) is 5.75 Å². The predicted molar refractivity (Wildman–Crippen MR) is 93.9 cm³/mol. The first-order chi connectivity index (χ1) is 12.2. The molecule has 1 amide bonds. The Morgan fingerprint density at radius 3 is 2.92 bits per heavy atom. The molecule has 3 aromatic rings. The van der Waals surface area contributed by atoms with Gasteiger partial charge in [0.2, 0.25) is 5.76 Å². The number of carbonyl (C=O) groups is 1. The summed E-state index contributed by atoms with van der Waals surface area (Å²) in [5.74, 6) is 0.449. The van der Waals surface area contributed by atoms with Crippen LogP contribution >= 0.6 is 11.3 Å². The van der Waals surface area contributed by atoms with E-state index in [4.69, 9.17) is 14.0 Å². The maximum Gasteiger partial charge on any atom is 0.318 e. The monoisotopic (exact) mass is 361 g/mol. The summed E-state index contributed by atoms with van der Waals surface area (Å²) in [6.07, 6.45) is 1.42. The van der Waals surface area contributed by atoms with E-state index >= 15 is 0 Å². The minimum absolute atomic E-state index is 0.115. The SMILES string of the molecule is CCOCCn1c(=NC(=O)c2ccno2)sc2cc(OCC)ccc21. The van der Waals surface area contributed by atoms with Crippen LogP contribution < -0.4 is 9.54 Å². The van der Waals surface area contributed by atoms with Crippen LogP contribution in [0.1, 0.15) is 24.4 Å². The summed E-state index contributed by atoms with van der Waals surface area (Å²) in [4.78, 5) is 17.0. The van der Waals surface area contributed by atoms with Crippen molar-refractivity contribution in [1.82, 2.24) is 9.72 Å². The molecule has 0 aliphatic carbocycles. The van der Waals surface area contributed by atoms with Crippen molar-refractivity contribution in [2.24, 2.45) is 4.99 Å². The fourth-order valence-corrected chi connectivity index (χ4v) is 3.46. The highest BCUT2D eigenvalue weighted by Gasteiger charge is 2.12. The van der Waals surface area contributed by atoms with Crippen LogP contribution in [0, 0.1) is 0 Å². The molecule has 2 heterocycles. The zero-order valence-corrected chi connectivity index (χ0v) is 14.9. The van der Waals surface area contributed by atoms with Gasteiger partial charge in [0.15, 0.2) is 4.80 Å². The molecule has 132 valence electrons. The molecule has 0 fully saturated rings. The van der Waals surface area contributed by atoms with E-state index in [9.17, 15) is 4.79 Å². The van der Waals surface area contributed by atoms with Gasteiger partial charge >= 0.3 is 5.91 Å². The Morgan fingerprint density at radius 1 is 1.32 bits per heavy atom. The number of carbonyl (C=O) groups excluding carboxylic acids is 1. The smallest absolute Gasteiger partial charge is 0.318 e. The molecule has 0 saturated carbocycles. The normalized spacial score (nSPS) is 12.0. The molecule has 8 heteroatoms. The molecule has 2 aromatic heterocycles. The molecule has 7 nitrogen and oxygen atoms in total. The Bertz CT molecular complexity index is 912. The van der Waals surface area contributed by atoms with E-state index < -0.39 is 5.91 Å². The third-order valence-electron chi connectivity index (χ3n) is 3.47. The molecule has 0 atom stereocenters. The van der Waals surface area contributed by atoms with Crippen LogP contribution in [0.2, 0.25) is 0 Å². The molecule has 1 aromatic carbocycles. The quantitative estimate of drug-likeness (QED) is 0.605. The lowest BCUT2D eigenvalue weighted by molar-refractivity contribution is 0.0961. The first-order valence-corrected chi connectivity index (χ1v) is 8.88. The highest BCUT2D eigenvalue weighted by atomic mass is 32.1. The van der Waals surface area contributed by atoms with Crippen molar-refractivity contribution in [1.29, 1.82) is 0 Å². The van der Waals surface area contributed by atoms with E-state index in [1.807, 2.05) is 36.6 Å². The van der Waals surface area contributed by atoms with Gasteiger partial charge in [0.25, 0.3) is 0 Å². The number of amides is 1. The molecule has 0 saturated heterocycles. The Kier molecular flexibility index (Phi) is 5.62. The molecular weight excluding hydrogens is 342 g/mol. The Hall–Kier alpha value is -2.45. The van der Waals surface area contributed by atoms with Gasteiger partial charge in [-0.2, -0.15) is 4.99 Å². The summed E-state index contributed by atoms with van der Waals surface area (Å²) in [7, 11) is 0. The molecule has 3 rings (SSSR count). The van der Waals surface area contributed by atoms with Crippen molar-refractivity contribution in [3.8, 4) is 5.75 Å². The van der Waals surface area contributed by atoms with Gasteiger partial charge in [-0.15, -0.1) is 0 Å². The second-order valence-electron chi connectivity index (χ2n) is 5.09. The number of hydrogen-bond acceptors (Lipinski definition) is 6. The van der Waals surface area contributed by atoms with E-state index in [-0.39, 0.29) is 5.76 Å². The Morgan fingerprint density at radius 2 is 2.20 bits per heavy atom. The number of benzene rings is 1. The number of hydrogen-bond donors (Lipinski definition) is 0. The van der Waals surface area contributed by atoms with E-state index in [0.29, 0.717) is 31.2 Å². The first kappa shape index (κ1) is 17.4. The lowest BCUT2D eigenvalue weighted by Crippen LogP contribution is -2.19. The summed E-state index contributed by atoms with van der Waals surface area (Å²) in [5.41, 5.74) is 0.984. The Balaban J connectivity index is 2.04. The maximum atomic E-state index is 12.2. The number of nitrogens with zero attached hydrogens (tertiary/aromatic N) is 3. The van der Waals surface area contributed by atoms with Crippen molar-refractivity contribution in [2.75, 3.05) is 19.8 Å². The predicted octanol–water partition coefficient (Wildman–Crippen LogP) is 2.87. The van der Waals surface area contributed by atoms with Crippen LogP contribution in [0.4, 0.5) is 0 Å². The van der Waals surface area contributed by atoms with Crippen LogP contribution in [-0.2, 0) is 11.3 Å². The number of fused-ring (bicyclic) bond motifs is 1. The fourth-order valence-electron chi connectivity index (χ4n) is 2.38. The van der Waals surface area contributed by atoms with Crippen molar-refractivity contribution in [3.05, 3.63) is 41.0 Å². The van der Waals surface area contributed by atoms with Crippen LogP contribution in [0.3, 0.4) is 0 Å². The second kappa shape index (κ2) is 8.09. The van der Waals surface area contributed by atoms with E-state index in [1.54, 1.807) is 0 Å². The highest BCUT2D eigenvalue weighted by molar-refractivity contribution is 7.16. The molecular formula is C17H19N3O4S. The van der Waals surface area contributed by atoms with Crippen LogP contribution in [0.15, 0.2) is 40.0 Å². The zero-order chi connectivity index (χ0) is 17.6. The third kappa shape index (κ3) is 3.97. The van der Waals surface area contributed by atoms with Gasteiger partial charge in [-0.1, -0.05) is 16.5 Å². The van der Waals surface area contributed by atoms with Crippen molar-refractivity contribution in [2.45, 2.75) is 20.4 Å². The van der Waals surface area contributed by atoms with Gasteiger partial charge in [0.1, 0.15) is 5.75 Å². The van der Waals surface area contributed by atoms with Gasteiger partial charge in [-0.25, -0.2) is 0 Å². The van der Waals surface area contributed by atoms with E-state index in [2.05, 4.69) is 10.1 Å². The van der Waals surface area contributed by atoms with Crippen molar-refractivity contribution >= 4 is 27.5 Å². The summed E-state index contributed by atoms with van der Waals surface area (Å²) in [6, 6.07) is 7.34. The largest absolute Gasteiger partial charge is 0.494 e. The van der Waals surface area contributed by atoms with Crippen LogP contribution in [-0.4, -0.2) is 35.5 Å². The average molecular weight is 361 g/mol. The summed E-state index contributed by atoms with van der Waals surface area (Å²) < 4.78 is 18.9. The van der Waals surface area contributed by atoms with Gasteiger partial charge < -0.3 is 18.6 Å². The topological polar surface area (TPSA) is 78.9 Å². The summed E-state index contributed by atoms with van der Waals surface area (Å²) in [5, 5.41) is 3.55. The van der Waals surface area contributed by atoms with Crippen LogP contribution in [0.25, 0.3) is 10.2 Å². The third-order valence-corrected chi connectivity index (χ3v) is 4.52. The number of aromatic nitrogens is 2. The van der Waals surface area contributed by atoms with E-state index in [1.165, 1.54) is 23.6 Å². The molecule has 0 bridgehead atoms. The van der Waals surface area contributed by atoms with Gasteiger partial charge in [-0.3, -0.25) is 4.79 Å². The van der Waals surface area contributed by atoms with Gasteiger partial charge in [-0.05, 0) is 32.0 Å². The molecule has 25 heavy (non-hydrogen) atoms. The average Bonchev–Trinajstić information content (AvgIpc) is 3.24. The van der Waals surface area contributed by atoms with Crippen molar-refractivity contribution < 1.29 is 18.8 Å². The lowest BCUT2D eigenvalue weighted by atomic mass is 10.3. The Labute approximate surface area is 148 Å². The summed E-state index contributed by atoms with van der Waals surface area (Å²) >= 11 is 1.43. The molecule has 0 N–H and O–H groups in total. The minimum Gasteiger partial charge on any atom is -0.494 e. The summed E-state index contributed by atoms with van der Waals surface area (Å²) in [6.45, 7) is 6.27. The highest BCUT2D eigenvalue weighted by Crippen LogP contribution is 2.23. The number of ether oxygens (including phenoxy) is 2. The van der Waals surface area contributed by atoms with Gasteiger partial charge in [0, 0.05) is 19.2 Å². The molecule has 0 unspecified atom stereocenters.